The number of hydrogen-bond donors (Lipinski definition) is 2. The van der Waals surface area contributed by atoms with Crippen LogP contribution in [0.4, 0.5) is 10.2 Å². The lowest BCUT2D eigenvalue weighted by Gasteiger charge is -2.42. The highest BCUT2D eigenvalue weighted by Crippen LogP contribution is 2.36. The molecule has 3 aliphatic heterocycles. The Morgan fingerprint density at radius 1 is 1.02 bits per heavy atom. The predicted molar refractivity (Wildman–Crippen MR) is 255 cm³/mol. The maximum atomic E-state index is 16.1. The summed E-state index contributed by atoms with van der Waals surface area (Å²) >= 11 is 0. The van der Waals surface area contributed by atoms with Gasteiger partial charge in [-0.1, -0.05) is 19.1 Å². The van der Waals surface area contributed by atoms with Crippen LogP contribution in [0.2, 0.25) is 0 Å². The minimum atomic E-state index is -0.314. The number of nitrogens with one attached hydrogen (secondary N) is 2. The predicted octanol–water partition coefficient (Wildman–Crippen LogP) is 8.09. The lowest BCUT2D eigenvalue weighted by Crippen LogP contribution is -2.53. The van der Waals surface area contributed by atoms with Gasteiger partial charge in [-0.15, -0.1) is 0 Å². The number of imidazole rings is 1. The van der Waals surface area contributed by atoms with Gasteiger partial charge in [0.2, 0.25) is 0 Å². The Labute approximate surface area is 375 Å². The van der Waals surface area contributed by atoms with Crippen molar-refractivity contribution in [3.05, 3.63) is 117 Å². The summed E-state index contributed by atoms with van der Waals surface area (Å²) in [6, 6.07) is 18.6. The molecule has 3 aliphatic rings. The van der Waals surface area contributed by atoms with E-state index in [1.54, 1.807) is 0 Å². The standard InChI is InChI=1S/C51H63FN10O2/c1-7-18-62-46-26-37(8-10-44(46)56-51(62)64)31-58-23-24-61(34(3)30-58)32-36-13-19-60(20-14-36)50(63)40-25-33(2)48(43(52)27-40)38-15-21-59(22-16-38)35(4)45-28-42-41(12-17-54-49(42)57(45)6)39-9-11-47(53-5)55-29-39/h8-12,15,17,25-29,34-36H,7,13-14,16,18-24,30-32H2,1-6H3,(H,53,55)(H,56,64). The van der Waals surface area contributed by atoms with Crippen LogP contribution < -0.4 is 11.0 Å². The van der Waals surface area contributed by atoms with Gasteiger partial charge in [0.15, 0.2) is 0 Å². The molecule has 0 spiro atoms. The van der Waals surface area contributed by atoms with Gasteiger partial charge in [0.25, 0.3) is 5.91 Å². The van der Waals surface area contributed by atoms with E-state index in [1.165, 1.54) is 17.3 Å². The number of hydrogen-bond acceptors (Lipinski definition) is 8. The molecule has 12 nitrogen and oxygen atoms in total. The fraction of sp³-hybridized carbons (Fsp3) is 0.451. The smallest absolute Gasteiger partial charge is 0.326 e. The van der Waals surface area contributed by atoms with Gasteiger partial charge in [0.05, 0.1) is 11.0 Å². The normalized spacial score (nSPS) is 18.8. The lowest BCUT2D eigenvalue weighted by molar-refractivity contribution is 0.0481. The Bertz CT molecular complexity index is 2720. The molecule has 13 heteroatoms. The highest BCUT2D eigenvalue weighted by Gasteiger charge is 2.31. The summed E-state index contributed by atoms with van der Waals surface area (Å²) in [5, 5.41) is 4.18. The van der Waals surface area contributed by atoms with Gasteiger partial charge >= 0.3 is 5.69 Å². The second kappa shape index (κ2) is 18.5. The number of benzene rings is 2. The first kappa shape index (κ1) is 43.6. The van der Waals surface area contributed by atoms with E-state index in [0.29, 0.717) is 42.7 Å². The zero-order valence-corrected chi connectivity index (χ0v) is 38.3. The fourth-order valence-corrected chi connectivity index (χ4v) is 10.6. The van der Waals surface area contributed by atoms with Crippen LogP contribution in [0.25, 0.3) is 38.8 Å². The van der Waals surface area contributed by atoms with E-state index < -0.39 is 0 Å². The van der Waals surface area contributed by atoms with Crippen LogP contribution >= 0.6 is 0 Å². The zero-order chi connectivity index (χ0) is 44.6. The third-order valence-corrected chi connectivity index (χ3v) is 14.3. The molecule has 0 radical (unpaired) electrons. The monoisotopic (exact) mass is 867 g/mol. The first-order valence-electron chi connectivity index (χ1n) is 23.3. The molecular formula is C51H63FN10O2. The van der Waals surface area contributed by atoms with Gasteiger partial charge < -0.3 is 19.8 Å². The number of likely N-dealkylation sites (tertiary alicyclic amines) is 1. The Morgan fingerprint density at radius 3 is 2.55 bits per heavy atom. The number of H-pyrrole nitrogens is 1. The maximum absolute atomic E-state index is 16.1. The highest BCUT2D eigenvalue weighted by molar-refractivity contribution is 5.95. The molecule has 336 valence electrons. The van der Waals surface area contributed by atoms with Gasteiger partial charge in [0.1, 0.15) is 17.3 Å². The average Bonchev–Trinajstić information content (AvgIpc) is 3.81. The molecule has 2 atom stereocenters. The molecule has 9 rings (SSSR count). The molecule has 0 aliphatic carbocycles. The topological polar surface area (TPSA) is 111 Å². The minimum absolute atomic E-state index is 0.0337. The van der Waals surface area contributed by atoms with Crippen molar-refractivity contribution < 1.29 is 9.18 Å². The van der Waals surface area contributed by atoms with Crippen LogP contribution in [0.5, 0.6) is 0 Å². The van der Waals surface area contributed by atoms with Crippen molar-refractivity contribution in [2.45, 2.75) is 78.6 Å². The van der Waals surface area contributed by atoms with Gasteiger partial charge in [-0.3, -0.25) is 24.1 Å². The number of amides is 1. The average molecular weight is 867 g/mol. The molecule has 7 heterocycles. The molecule has 2 unspecified atom stereocenters. The third kappa shape index (κ3) is 8.65. The van der Waals surface area contributed by atoms with Crippen LogP contribution in [0.15, 0.2) is 77.9 Å². The highest BCUT2D eigenvalue weighted by atomic mass is 19.1. The number of anilines is 1. The molecule has 1 amide bonds. The summed E-state index contributed by atoms with van der Waals surface area (Å²) in [4.78, 5) is 48.0. The van der Waals surface area contributed by atoms with Gasteiger partial charge in [-0.05, 0) is 123 Å². The summed E-state index contributed by atoms with van der Waals surface area (Å²) < 4.78 is 20.1. The number of piperidine rings is 1. The second-order valence-electron chi connectivity index (χ2n) is 18.5. The van der Waals surface area contributed by atoms with Crippen molar-refractivity contribution in [3.8, 4) is 11.1 Å². The quantitative estimate of drug-likeness (QED) is 0.127. The van der Waals surface area contributed by atoms with Crippen molar-refractivity contribution in [1.29, 1.82) is 0 Å². The first-order valence-corrected chi connectivity index (χ1v) is 23.3. The number of aromatic amines is 1. The number of nitrogens with zero attached hydrogens (tertiary/aromatic N) is 8. The van der Waals surface area contributed by atoms with Crippen molar-refractivity contribution in [1.82, 2.24) is 43.7 Å². The summed E-state index contributed by atoms with van der Waals surface area (Å²) in [5.74, 6) is 0.967. The van der Waals surface area contributed by atoms with E-state index in [0.717, 1.165) is 122 Å². The van der Waals surface area contributed by atoms with E-state index >= 15 is 4.39 Å². The molecule has 6 aromatic rings. The zero-order valence-electron chi connectivity index (χ0n) is 38.3. The van der Waals surface area contributed by atoms with Gasteiger partial charge in [-0.25, -0.2) is 19.2 Å². The van der Waals surface area contributed by atoms with E-state index in [9.17, 15) is 9.59 Å². The molecule has 2 aromatic carbocycles. The van der Waals surface area contributed by atoms with Crippen LogP contribution in [0.3, 0.4) is 0 Å². The van der Waals surface area contributed by atoms with Crippen LogP contribution in [0, 0.1) is 18.7 Å². The number of pyridine rings is 2. The SMILES string of the molecule is CCCn1c(=O)[nH]c2ccc(CN3CCN(CC4CCN(C(=O)c5cc(C)c(C6=CCN(C(C)c7cc8c(-c9ccc(NC)nc9)ccnc8n7C)CC6)c(F)c5)CC4)C(C)C3)cc21. The van der Waals surface area contributed by atoms with Crippen LogP contribution in [-0.2, 0) is 20.1 Å². The molecule has 0 bridgehead atoms. The summed E-state index contributed by atoms with van der Waals surface area (Å²) in [6.45, 7) is 17.1. The molecule has 2 N–H and O–H groups in total. The van der Waals surface area contributed by atoms with Crippen molar-refractivity contribution in [2.75, 3.05) is 64.7 Å². The van der Waals surface area contributed by atoms with Crippen LogP contribution in [-0.4, -0.2) is 115 Å². The van der Waals surface area contributed by atoms with Crippen molar-refractivity contribution >= 4 is 39.4 Å². The number of carbonyl (C=O) groups is 1. The Kier molecular flexibility index (Phi) is 12.6. The Morgan fingerprint density at radius 2 is 1.84 bits per heavy atom. The lowest BCUT2D eigenvalue weighted by atomic mass is 9.92. The number of fused-ring (bicyclic) bond motifs is 2. The number of piperazine rings is 1. The molecule has 4 aromatic heterocycles. The van der Waals surface area contributed by atoms with E-state index in [1.807, 2.05) is 54.0 Å². The van der Waals surface area contributed by atoms with E-state index in [-0.39, 0.29) is 23.5 Å². The summed E-state index contributed by atoms with van der Waals surface area (Å²) in [7, 11) is 3.94. The summed E-state index contributed by atoms with van der Waals surface area (Å²) in [5.41, 5.74) is 10.2. The second-order valence-corrected chi connectivity index (χ2v) is 18.5. The van der Waals surface area contributed by atoms with Crippen LogP contribution in [0.1, 0.15) is 85.2 Å². The number of aromatic nitrogens is 5. The number of aryl methyl sites for hydroxylation is 3. The molecule has 64 heavy (non-hydrogen) atoms. The molecule has 2 saturated heterocycles. The Hall–Kier alpha value is -5.63. The molecular weight excluding hydrogens is 804 g/mol. The maximum Gasteiger partial charge on any atom is 0.326 e. The van der Waals surface area contributed by atoms with E-state index in [2.05, 4.69) is 98.8 Å². The molecule has 0 saturated carbocycles. The fourth-order valence-electron chi connectivity index (χ4n) is 10.6. The molecule has 2 fully saturated rings. The third-order valence-electron chi connectivity index (χ3n) is 14.3. The summed E-state index contributed by atoms with van der Waals surface area (Å²) in [6.07, 6.45) is 9.47. The minimum Gasteiger partial charge on any atom is -0.373 e. The first-order chi connectivity index (χ1) is 31.0. The van der Waals surface area contributed by atoms with Gasteiger partial charge in [0, 0.05) is 132 Å². The number of rotatable bonds is 12. The largest absolute Gasteiger partial charge is 0.373 e. The number of carbonyl (C=O) groups excluding carboxylic acids is 1. The Balaban J connectivity index is 0.778. The van der Waals surface area contributed by atoms with Crippen molar-refractivity contribution in [2.24, 2.45) is 13.0 Å². The number of halogens is 1. The van der Waals surface area contributed by atoms with Crippen molar-refractivity contribution in [3.63, 3.8) is 0 Å². The van der Waals surface area contributed by atoms with E-state index in [4.69, 9.17) is 4.98 Å². The van der Waals surface area contributed by atoms with Gasteiger partial charge in [-0.2, -0.15) is 0 Å².